The average molecular weight is 810 g/mol. The van der Waals surface area contributed by atoms with E-state index < -0.39 is 13.9 Å². The Labute approximate surface area is 345 Å². The van der Waals surface area contributed by atoms with E-state index in [0.29, 0.717) is 13.0 Å². The highest BCUT2D eigenvalue weighted by atomic mass is 31.2. The Bertz CT molecular complexity index is 999. The molecule has 0 aromatic heterocycles. The van der Waals surface area contributed by atoms with Crippen LogP contribution < -0.4 is 5.73 Å². The van der Waals surface area contributed by atoms with Crippen LogP contribution in [0.25, 0.3) is 0 Å². The van der Waals surface area contributed by atoms with Crippen LogP contribution in [0.2, 0.25) is 0 Å². The maximum Gasteiger partial charge on any atom is 0.472 e. The predicted molar refractivity (Wildman–Crippen MR) is 238 cm³/mol. The highest BCUT2D eigenvalue weighted by Gasteiger charge is 2.25. The number of phosphoric acid groups is 1. The van der Waals surface area contributed by atoms with Crippen LogP contribution in [0.5, 0.6) is 0 Å². The van der Waals surface area contributed by atoms with Crippen molar-refractivity contribution in [2.45, 2.75) is 213 Å². The van der Waals surface area contributed by atoms with Gasteiger partial charge in [0.2, 0.25) is 0 Å². The minimum Gasteiger partial charge on any atom is -0.457 e. The zero-order chi connectivity index (χ0) is 40.9. The molecule has 0 radical (unpaired) electrons. The number of nitrogens with two attached hydrogens (primary N) is 1. The lowest BCUT2D eigenvalue weighted by atomic mass is 10.1. The highest BCUT2D eigenvalue weighted by molar-refractivity contribution is 7.47. The topological polar surface area (TPSA) is 117 Å². The largest absolute Gasteiger partial charge is 0.472 e. The second-order valence-electron chi connectivity index (χ2n) is 15.2. The van der Waals surface area contributed by atoms with Gasteiger partial charge in [0.25, 0.3) is 0 Å². The van der Waals surface area contributed by atoms with Gasteiger partial charge in [0, 0.05) is 19.6 Å². The van der Waals surface area contributed by atoms with Crippen LogP contribution in [0, 0.1) is 0 Å². The lowest BCUT2D eigenvalue weighted by Crippen LogP contribution is -2.28. The monoisotopic (exact) mass is 810 g/mol. The maximum atomic E-state index is 12.6. The number of carbonyl (C=O) groups is 1. The quantitative estimate of drug-likeness (QED) is 0.0270. The van der Waals surface area contributed by atoms with Gasteiger partial charge in [-0.2, -0.15) is 0 Å². The Balaban J connectivity index is 3.98. The lowest BCUT2D eigenvalue weighted by Gasteiger charge is -2.20. The molecule has 2 atom stereocenters. The maximum absolute atomic E-state index is 12.6. The number of allylic oxidation sites excluding steroid dienone is 8. The summed E-state index contributed by atoms with van der Waals surface area (Å²) in [6, 6.07) is 0. The SMILES string of the molecule is CC/C=C\C/C=C\C/C=C\CCCCCCCC(=O)OC(COCCCCCCCCCCCC/C=C\CCCCCCCCCC)COP(=O)(O)OCCN. The van der Waals surface area contributed by atoms with Gasteiger partial charge in [-0.3, -0.25) is 13.8 Å². The Morgan fingerprint density at radius 3 is 1.52 bits per heavy atom. The van der Waals surface area contributed by atoms with Gasteiger partial charge in [-0.15, -0.1) is 0 Å². The van der Waals surface area contributed by atoms with E-state index in [9.17, 15) is 14.3 Å². The molecule has 0 aromatic rings. The van der Waals surface area contributed by atoms with Crippen molar-refractivity contribution in [2.75, 3.05) is 33.0 Å². The number of unbranched alkanes of at least 4 members (excludes halogenated alkanes) is 23. The Morgan fingerprint density at radius 2 is 1.00 bits per heavy atom. The zero-order valence-electron chi connectivity index (χ0n) is 36.4. The van der Waals surface area contributed by atoms with E-state index in [4.69, 9.17) is 24.3 Å². The van der Waals surface area contributed by atoms with Crippen molar-refractivity contribution >= 4 is 13.8 Å². The molecule has 0 bridgehead atoms. The fourth-order valence-corrected chi connectivity index (χ4v) is 7.12. The van der Waals surface area contributed by atoms with Crippen LogP contribution >= 0.6 is 7.82 Å². The van der Waals surface area contributed by atoms with Gasteiger partial charge >= 0.3 is 13.8 Å². The molecule has 328 valence electrons. The van der Waals surface area contributed by atoms with Gasteiger partial charge in [0.05, 0.1) is 19.8 Å². The summed E-state index contributed by atoms with van der Waals surface area (Å²) in [6.45, 7) is 4.80. The summed E-state index contributed by atoms with van der Waals surface area (Å²) in [7, 11) is -4.28. The number of hydrogen-bond donors (Lipinski definition) is 2. The third-order valence-corrected chi connectivity index (χ3v) is 10.7. The van der Waals surface area contributed by atoms with Crippen molar-refractivity contribution in [1.82, 2.24) is 0 Å². The first kappa shape index (κ1) is 54.5. The van der Waals surface area contributed by atoms with Gasteiger partial charge in [-0.05, 0) is 70.6 Å². The molecule has 0 aliphatic rings. The lowest BCUT2D eigenvalue weighted by molar-refractivity contribution is -0.154. The fraction of sp³-hybridized carbons (Fsp3) is 0.809. The molecule has 0 saturated heterocycles. The number of rotatable bonds is 44. The number of ether oxygens (including phenoxy) is 2. The average Bonchev–Trinajstić information content (AvgIpc) is 3.19. The van der Waals surface area contributed by atoms with E-state index in [1.807, 2.05) is 0 Å². The molecule has 0 saturated carbocycles. The summed E-state index contributed by atoms with van der Waals surface area (Å²) < 4.78 is 33.5. The summed E-state index contributed by atoms with van der Waals surface area (Å²) in [5.41, 5.74) is 5.37. The minimum atomic E-state index is -4.28. The molecule has 0 amide bonds. The van der Waals surface area contributed by atoms with Crippen LogP contribution in [0.3, 0.4) is 0 Å². The first-order chi connectivity index (χ1) is 27.4. The zero-order valence-corrected chi connectivity index (χ0v) is 37.3. The Morgan fingerprint density at radius 1 is 0.554 bits per heavy atom. The summed E-state index contributed by atoms with van der Waals surface area (Å²) >= 11 is 0. The molecular weight excluding hydrogens is 721 g/mol. The molecule has 0 aliphatic carbocycles. The molecule has 0 heterocycles. The molecule has 9 heteroatoms. The number of phosphoric ester groups is 1. The molecular formula is C47H88NO7P. The van der Waals surface area contributed by atoms with E-state index >= 15 is 0 Å². The van der Waals surface area contributed by atoms with Crippen LogP contribution in [-0.2, 0) is 27.9 Å². The summed E-state index contributed by atoms with van der Waals surface area (Å²) in [4.78, 5) is 22.5. The van der Waals surface area contributed by atoms with Crippen molar-refractivity contribution in [2.24, 2.45) is 5.73 Å². The third-order valence-electron chi connectivity index (χ3n) is 9.73. The molecule has 0 aliphatic heterocycles. The molecule has 0 rings (SSSR count). The fourth-order valence-electron chi connectivity index (χ4n) is 6.36. The van der Waals surface area contributed by atoms with Crippen LogP contribution in [0.1, 0.15) is 206 Å². The smallest absolute Gasteiger partial charge is 0.457 e. The minimum absolute atomic E-state index is 0.0959. The Hall–Kier alpha value is -1.54. The van der Waals surface area contributed by atoms with Crippen molar-refractivity contribution in [3.05, 3.63) is 48.6 Å². The van der Waals surface area contributed by atoms with Gasteiger partial charge in [0.15, 0.2) is 0 Å². The van der Waals surface area contributed by atoms with E-state index in [-0.39, 0.29) is 32.3 Å². The second-order valence-corrected chi connectivity index (χ2v) is 16.7. The highest BCUT2D eigenvalue weighted by Crippen LogP contribution is 2.43. The van der Waals surface area contributed by atoms with Crippen molar-refractivity contribution in [3.63, 3.8) is 0 Å². The van der Waals surface area contributed by atoms with Gasteiger partial charge in [0.1, 0.15) is 6.10 Å². The van der Waals surface area contributed by atoms with Gasteiger partial charge in [-0.1, -0.05) is 178 Å². The predicted octanol–water partition coefficient (Wildman–Crippen LogP) is 14.0. The first-order valence-electron chi connectivity index (χ1n) is 23.1. The summed E-state index contributed by atoms with van der Waals surface area (Å²) in [5.74, 6) is -0.347. The Kier molecular flexibility index (Phi) is 43.3. The standard InChI is InChI=1S/C47H88NO7P/c1-3-5-7-9-11-13-15-17-19-20-21-22-23-24-25-27-29-31-33-35-37-39-42-52-44-46(45-54-56(50,51)53-43-41-48)55-47(49)40-38-36-34-32-30-28-26-18-16-14-12-10-8-6-4-2/h6,8,12,14,18,20-21,26,46H,3-5,7,9-11,13,15-17,19,22-25,27-45,48H2,1-2H3,(H,50,51)/b8-6-,14-12-,21-20-,26-18-. The molecule has 2 unspecified atom stereocenters. The van der Waals surface area contributed by atoms with Crippen LogP contribution in [0.15, 0.2) is 48.6 Å². The van der Waals surface area contributed by atoms with Crippen molar-refractivity contribution < 1.29 is 32.8 Å². The normalized spacial score (nSPS) is 13.9. The second kappa shape index (κ2) is 44.6. The molecule has 8 nitrogen and oxygen atoms in total. The van der Waals surface area contributed by atoms with E-state index in [1.54, 1.807) is 0 Å². The van der Waals surface area contributed by atoms with E-state index in [1.165, 1.54) is 116 Å². The van der Waals surface area contributed by atoms with Gasteiger partial charge in [-0.25, -0.2) is 4.57 Å². The molecule has 3 N–H and O–H groups in total. The first-order valence-corrected chi connectivity index (χ1v) is 24.6. The van der Waals surface area contributed by atoms with E-state index in [0.717, 1.165) is 70.6 Å². The van der Waals surface area contributed by atoms with Gasteiger partial charge < -0.3 is 20.1 Å². The van der Waals surface area contributed by atoms with E-state index in [2.05, 4.69) is 62.5 Å². The van der Waals surface area contributed by atoms with Crippen molar-refractivity contribution in [1.29, 1.82) is 0 Å². The number of esters is 1. The van der Waals surface area contributed by atoms with Crippen molar-refractivity contribution in [3.8, 4) is 0 Å². The third kappa shape index (κ3) is 43.6. The number of hydrogen-bond acceptors (Lipinski definition) is 7. The summed E-state index contributed by atoms with van der Waals surface area (Å²) in [5, 5.41) is 0. The molecule has 0 spiro atoms. The molecule has 0 aromatic carbocycles. The summed E-state index contributed by atoms with van der Waals surface area (Å²) in [6.07, 6.45) is 52.8. The van der Waals surface area contributed by atoms with Crippen LogP contribution in [0.4, 0.5) is 0 Å². The molecule has 56 heavy (non-hydrogen) atoms. The number of carbonyl (C=O) groups excluding carboxylic acids is 1. The molecule has 0 fully saturated rings. The van der Waals surface area contributed by atoms with Crippen LogP contribution in [-0.4, -0.2) is 49.9 Å².